The van der Waals surface area contributed by atoms with Crippen LogP contribution in [0, 0.1) is 17.8 Å². The van der Waals surface area contributed by atoms with Crippen LogP contribution in [-0.2, 0) is 6.42 Å². The summed E-state index contributed by atoms with van der Waals surface area (Å²) in [7, 11) is 0. The molecule has 0 aliphatic heterocycles. The highest BCUT2D eigenvalue weighted by molar-refractivity contribution is 5.87. The molecule has 4 heteroatoms. The van der Waals surface area contributed by atoms with Crippen molar-refractivity contribution in [1.29, 1.82) is 0 Å². The molecule has 86 valence electrons. The zero-order valence-corrected chi connectivity index (χ0v) is 9.53. The lowest BCUT2D eigenvalue weighted by Gasteiger charge is -2.06. The van der Waals surface area contributed by atoms with E-state index in [2.05, 4.69) is 24.0 Å². The molecule has 0 saturated heterocycles. The molecule has 4 nitrogen and oxygen atoms in total. The zero-order chi connectivity index (χ0) is 11.4. The number of fused-ring (bicyclic) bond motifs is 3. The monoisotopic (exact) mass is 220 g/mol. The third-order valence-corrected chi connectivity index (χ3v) is 3.95. The molecular weight excluding hydrogens is 204 g/mol. The van der Waals surface area contributed by atoms with Crippen LogP contribution < -0.4 is 0 Å². The van der Waals surface area contributed by atoms with Crippen molar-refractivity contribution in [1.82, 2.24) is 10.2 Å². The van der Waals surface area contributed by atoms with E-state index in [1.165, 1.54) is 6.42 Å². The molecule has 2 aliphatic carbocycles. The van der Waals surface area contributed by atoms with Crippen LogP contribution >= 0.6 is 0 Å². The number of aromatic nitrogens is 2. The maximum Gasteiger partial charge on any atom is 0.356 e. The number of carboxylic acid groups (broad SMARTS) is 1. The van der Waals surface area contributed by atoms with E-state index in [9.17, 15) is 4.79 Å². The van der Waals surface area contributed by atoms with Crippen LogP contribution in [0.1, 0.15) is 47.9 Å². The molecule has 2 N–H and O–H groups in total. The van der Waals surface area contributed by atoms with Crippen LogP contribution in [0.3, 0.4) is 0 Å². The first kappa shape index (κ1) is 9.87. The highest BCUT2D eigenvalue weighted by atomic mass is 16.4. The first-order chi connectivity index (χ1) is 7.59. The number of nitrogens with zero attached hydrogens (tertiary/aromatic N) is 1. The maximum absolute atomic E-state index is 10.9. The SMILES string of the molecule is CC(C)CC1[C@H]2c3[nH]nc(C(=O)O)c3C[C@@H]12. The predicted octanol–water partition coefficient (Wildman–Crippen LogP) is 2.04. The van der Waals surface area contributed by atoms with Gasteiger partial charge in [-0.05, 0) is 30.6 Å². The molecule has 0 spiro atoms. The summed E-state index contributed by atoms with van der Waals surface area (Å²) in [6, 6.07) is 0. The standard InChI is InChI=1S/C12H16N2O2/c1-5(2)3-6-7-4-8-10(9(6)7)13-14-11(8)12(15)16/h5-7,9H,3-4H2,1-2H3,(H,13,14)(H,15,16)/t6?,7-,9+/m0/s1. The van der Waals surface area contributed by atoms with Gasteiger partial charge in [0.15, 0.2) is 5.69 Å². The molecular formula is C12H16N2O2. The summed E-state index contributed by atoms with van der Waals surface area (Å²) in [6.07, 6.45) is 2.16. The van der Waals surface area contributed by atoms with Gasteiger partial charge in [0.25, 0.3) is 0 Å². The van der Waals surface area contributed by atoms with E-state index in [1.807, 2.05) is 0 Å². The minimum absolute atomic E-state index is 0.241. The molecule has 1 aromatic heterocycles. The molecule has 1 fully saturated rings. The second kappa shape index (κ2) is 3.09. The van der Waals surface area contributed by atoms with Gasteiger partial charge in [-0.25, -0.2) is 4.79 Å². The Morgan fingerprint density at radius 1 is 1.62 bits per heavy atom. The van der Waals surface area contributed by atoms with Crippen LogP contribution in [0.4, 0.5) is 0 Å². The van der Waals surface area contributed by atoms with E-state index in [-0.39, 0.29) is 5.69 Å². The molecule has 1 aromatic rings. The molecule has 1 heterocycles. The lowest BCUT2D eigenvalue weighted by molar-refractivity contribution is 0.0689. The van der Waals surface area contributed by atoms with Crippen molar-refractivity contribution in [2.24, 2.45) is 17.8 Å². The van der Waals surface area contributed by atoms with E-state index in [0.717, 1.165) is 29.5 Å². The van der Waals surface area contributed by atoms with E-state index in [1.54, 1.807) is 0 Å². The van der Waals surface area contributed by atoms with Crippen molar-refractivity contribution in [3.8, 4) is 0 Å². The minimum atomic E-state index is -0.904. The lowest BCUT2D eigenvalue weighted by atomic mass is 9.99. The van der Waals surface area contributed by atoms with Crippen LogP contribution in [0.25, 0.3) is 0 Å². The summed E-state index contributed by atoms with van der Waals surface area (Å²) in [4.78, 5) is 10.9. The van der Waals surface area contributed by atoms with Gasteiger partial charge < -0.3 is 5.11 Å². The Morgan fingerprint density at radius 3 is 3.00 bits per heavy atom. The van der Waals surface area contributed by atoms with Crippen LogP contribution in [0.2, 0.25) is 0 Å². The second-order valence-corrected chi connectivity index (χ2v) is 5.46. The largest absolute Gasteiger partial charge is 0.476 e. The van der Waals surface area contributed by atoms with Gasteiger partial charge in [-0.15, -0.1) is 0 Å². The van der Waals surface area contributed by atoms with Crippen molar-refractivity contribution in [2.75, 3.05) is 0 Å². The van der Waals surface area contributed by atoms with Crippen LogP contribution in [0.15, 0.2) is 0 Å². The third kappa shape index (κ3) is 1.22. The molecule has 0 amide bonds. The number of hydrogen-bond acceptors (Lipinski definition) is 2. The summed E-state index contributed by atoms with van der Waals surface area (Å²) in [5, 5.41) is 15.8. The minimum Gasteiger partial charge on any atom is -0.476 e. The fourth-order valence-corrected chi connectivity index (χ4v) is 3.29. The number of hydrogen-bond donors (Lipinski definition) is 2. The van der Waals surface area contributed by atoms with Gasteiger partial charge in [0.1, 0.15) is 0 Å². The van der Waals surface area contributed by atoms with Crippen molar-refractivity contribution in [3.63, 3.8) is 0 Å². The van der Waals surface area contributed by atoms with Crippen molar-refractivity contribution < 1.29 is 9.90 Å². The topological polar surface area (TPSA) is 66.0 Å². The molecule has 1 saturated carbocycles. The third-order valence-electron chi connectivity index (χ3n) is 3.95. The average molecular weight is 220 g/mol. The maximum atomic E-state index is 10.9. The van der Waals surface area contributed by atoms with Crippen molar-refractivity contribution in [3.05, 3.63) is 17.0 Å². The number of nitrogens with one attached hydrogen (secondary N) is 1. The Labute approximate surface area is 94.1 Å². The lowest BCUT2D eigenvalue weighted by Crippen LogP contribution is -2.03. The summed E-state index contributed by atoms with van der Waals surface area (Å²) in [5.41, 5.74) is 2.31. The molecule has 2 aliphatic rings. The summed E-state index contributed by atoms with van der Waals surface area (Å²) in [6.45, 7) is 4.48. The smallest absolute Gasteiger partial charge is 0.356 e. The Morgan fingerprint density at radius 2 is 2.38 bits per heavy atom. The van der Waals surface area contributed by atoms with Gasteiger partial charge in [-0.2, -0.15) is 5.10 Å². The highest BCUT2D eigenvalue weighted by Gasteiger charge is 2.57. The predicted molar refractivity (Wildman–Crippen MR) is 58.4 cm³/mol. The van der Waals surface area contributed by atoms with E-state index in [4.69, 9.17) is 5.11 Å². The van der Waals surface area contributed by atoms with Crippen LogP contribution in [-0.4, -0.2) is 21.3 Å². The van der Waals surface area contributed by atoms with Gasteiger partial charge in [-0.1, -0.05) is 13.8 Å². The van der Waals surface area contributed by atoms with E-state index < -0.39 is 5.97 Å². The van der Waals surface area contributed by atoms with E-state index in [0.29, 0.717) is 11.8 Å². The summed E-state index contributed by atoms with van der Waals surface area (Å²) >= 11 is 0. The number of rotatable bonds is 3. The number of aromatic amines is 1. The Kier molecular flexibility index (Phi) is 1.91. The Bertz CT molecular complexity index is 450. The quantitative estimate of drug-likeness (QED) is 0.819. The summed E-state index contributed by atoms with van der Waals surface area (Å²) < 4.78 is 0. The number of carbonyl (C=O) groups is 1. The van der Waals surface area contributed by atoms with Gasteiger partial charge in [-0.3, -0.25) is 5.10 Å². The number of aromatic carboxylic acids is 1. The Balaban J connectivity index is 1.83. The molecule has 0 radical (unpaired) electrons. The molecule has 0 bridgehead atoms. The van der Waals surface area contributed by atoms with Crippen LogP contribution in [0.5, 0.6) is 0 Å². The molecule has 1 unspecified atom stereocenters. The average Bonchev–Trinajstić information content (AvgIpc) is 2.60. The summed E-state index contributed by atoms with van der Waals surface area (Å²) in [5.74, 6) is 1.83. The fourth-order valence-electron chi connectivity index (χ4n) is 3.29. The van der Waals surface area contributed by atoms with E-state index >= 15 is 0 Å². The van der Waals surface area contributed by atoms with Crippen molar-refractivity contribution >= 4 is 5.97 Å². The zero-order valence-electron chi connectivity index (χ0n) is 9.53. The molecule has 3 rings (SSSR count). The fraction of sp³-hybridized carbons (Fsp3) is 0.667. The van der Waals surface area contributed by atoms with Gasteiger partial charge in [0.2, 0.25) is 0 Å². The second-order valence-electron chi connectivity index (χ2n) is 5.46. The van der Waals surface area contributed by atoms with Gasteiger partial charge in [0, 0.05) is 17.2 Å². The normalized spacial score (nSPS) is 30.3. The van der Waals surface area contributed by atoms with Gasteiger partial charge >= 0.3 is 5.97 Å². The first-order valence-corrected chi connectivity index (χ1v) is 5.90. The Hall–Kier alpha value is -1.32. The molecule has 16 heavy (non-hydrogen) atoms. The highest BCUT2D eigenvalue weighted by Crippen LogP contribution is 2.63. The van der Waals surface area contributed by atoms with Gasteiger partial charge in [0.05, 0.1) is 0 Å². The molecule has 0 aromatic carbocycles. The number of H-pyrrole nitrogens is 1. The molecule has 3 atom stereocenters. The van der Waals surface area contributed by atoms with Crippen molar-refractivity contribution in [2.45, 2.75) is 32.6 Å². The first-order valence-electron chi connectivity index (χ1n) is 5.90. The number of carboxylic acids is 1.